The van der Waals surface area contributed by atoms with Gasteiger partial charge in [-0.1, -0.05) is 6.07 Å². The van der Waals surface area contributed by atoms with Crippen molar-refractivity contribution in [3.05, 3.63) is 54.4 Å². The summed E-state index contributed by atoms with van der Waals surface area (Å²) in [5.41, 5.74) is 1.91. The molecule has 0 radical (unpaired) electrons. The van der Waals surface area contributed by atoms with Crippen LogP contribution in [-0.2, 0) is 11.2 Å². The Kier molecular flexibility index (Phi) is 4.24. The van der Waals surface area contributed by atoms with Crippen molar-refractivity contribution in [3.8, 4) is 0 Å². The predicted molar refractivity (Wildman–Crippen MR) is 68.6 cm³/mol. The molecule has 0 aliphatic carbocycles. The summed E-state index contributed by atoms with van der Waals surface area (Å²) >= 11 is 0. The monoisotopic (exact) mass is 242 g/mol. The van der Waals surface area contributed by atoms with E-state index in [0.29, 0.717) is 6.54 Å². The van der Waals surface area contributed by atoms with Crippen LogP contribution < -0.4 is 5.32 Å². The van der Waals surface area contributed by atoms with Crippen molar-refractivity contribution < 1.29 is 4.79 Å². The molecular weight excluding hydrogens is 228 g/mol. The van der Waals surface area contributed by atoms with Crippen LogP contribution in [0.15, 0.2) is 43.1 Å². The minimum Gasteiger partial charge on any atom is -0.352 e. The molecule has 0 atom stereocenters. The van der Waals surface area contributed by atoms with Gasteiger partial charge >= 0.3 is 0 Å². The Balaban J connectivity index is 1.74. The molecule has 1 amide bonds. The maximum absolute atomic E-state index is 11.5. The molecule has 0 aliphatic heterocycles. The van der Waals surface area contributed by atoms with E-state index >= 15 is 0 Å². The Bertz CT molecular complexity index is 505. The average Bonchev–Trinajstić information content (AvgIpc) is 2.91. The number of carbonyl (C=O) groups is 1. The Morgan fingerprint density at radius 3 is 3.06 bits per heavy atom. The maximum Gasteiger partial charge on any atom is 0.244 e. The second kappa shape index (κ2) is 6.34. The van der Waals surface area contributed by atoms with Crippen LogP contribution in [0, 0.1) is 0 Å². The fourth-order valence-corrected chi connectivity index (χ4v) is 1.45. The third-order valence-corrected chi connectivity index (χ3v) is 2.36. The normalized spacial score (nSPS) is 10.7. The summed E-state index contributed by atoms with van der Waals surface area (Å²) in [5, 5.41) is 2.80. The fourth-order valence-electron chi connectivity index (χ4n) is 1.45. The van der Waals surface area contributed by atoms with Gasteiger partial charge in [0.05, 0.1) is 6.33 Å². The lowest BCUT2D eigenvalue weighted by molar-refractivity contribution is -0.116. The smallest absolute Gasteiger partial charge is 0.244 e. The zero-order valence-corrected chi connectivity index (χ0v) is 9.84. The number of rotatable bonds is 5. The van der Waals surface area contributed by atoms with E-state index in [1.807, 2.05) is 12.1 Å². The highest BCUT2D eigenvalue weighted by molar-refractivity contribution is 5.91. The lowest BCUT2D eigenvalue weighted by Crippen LogP contribution is -2.23. The molecule has 0 saturated heterocycles. The second-order valence-corrected chi connectivity index (χ2v) is 3.74. The number of amides is 1. The Morgan fingerprint density at radius 1 is 1.39 bits per heavy atom. The molecule has 0 unspecified atom stereocenters. The summed E-state index contributed by atoms with van der Waals surface area (Å²) in [6.07, 6.45) is 10.8. The lowest BCUT2D eigenvalue weighted by atomic mass is 10.2. The molecule has 5 heteroatoms. The summed E-state index contributed by atoms with van der Waals surface area (Å²) in [6.45, 7) is 0.582. The molecule has 2 heterocycles. The number of hydrogen-bond acceptors (Lipinski definition) is 3. The molecule has 92 valence electrons. The van der Waals surface area contributed by atoms with Crippen LogP contribution in [0.4, 0.5) is 0 Å². The first-order chi connectivity index (χ1) is 8.84. The molecule has 2 N–H and O–H groups in total. The average molecular weight is 242 g/mol. The van der Waals surface area contributed by atoms with Crippen molar-refractivity contribution in [2.75, 3.05) is 6.54 Å². The predicted octanol–water partition coefficient (Wildman–Crippen LogP) is 1.18. The molecule has 0 bridgehead atoms. The molecule has 0 fully saturated rings. The van der Waals surface area contributed by atoms with Gasteiger partial charge in [-0.05, 0) is 17.7 Å². The van der Waals surface area contributed by atoms with Gasteiger partial charge in [-0.2, -0.15) is 0 Å². The van der Waals surface area contributed by atoms with Gasteiger partial charge in [0.15, 0.2) is 0 Å². The zero-order chi connectivity index (χ0) is 12.6. The third-order valence-electron chi connectivity index (χ3n) is 2.36. The van der Waals surface area contributed by atoms with Gasteiger partial charge in [0.25, 0.3) is 0 Å². The maximum atomic E-state index is 11.5. The molecule has 2 rings (SSSR count). The standard InChI is InChI=1S/C13H14N4O/c18-13(4-3-11-2-1-6-14-8-11)16-7-5-12-9-15-10-17-12/h1-4,6,8-10H,5,7H2,(H,15,17)(H,16,18). The van der Waals surface area contributed by atoms with Crippen LogP contribution in [-0.4, -0.2) is 27.4 Å². The minimum atomic E-state index is -0.113. The Hall–Kier alpha value is -2.43. The summed E-state index contributed by atoms with van der Waals surface area (Å²) < 4.78 is 0. The summed E-state index contributed by atoms with van der Waals surface area (Å²) in [7, 11) is 0. The number of nitrogens with one attached hydrogen (secondary N) is 2. The third kappa shape index (κ3) is 3.86. The quantitative estimate of drug-likeness (QED) is 0.773. The van der Waals surface area contributed by atoms with Gasteiger partial charge in [0.1, 0.15) is 0 Å². The molecule has 5 nitrogen and oxygen atoms in total. The van der Waals surface area contributed by atoms with Gasteiger partial charge in [0.2, 0.25) is 5.91 Å². The van der Waals surface area contributed by atoms with E-state index in [1.165, 1.54) is 6.08 Å². The van der Waals surface area contributed by atoms with Crippen molar-refractivity contribution >= 4 is 12.0 Å². The van der Waals surface area contributed by atoms with Gasteiger partial charge in [0, 0.05) is 43.3 Å². The molecule has 0 spiro atoms. The first kappa shape index (κ1) is 12.0. The van der Waals surface area contributed by atoms with E-state index in [2.05, 4.69) is 20.3 Å². The number of nitrogens with zero attached hydrogens (tertiary/aromatic N) is 2. The summed E-state index contributed by atoms with van der Waals surface area (Å²) in [6, 6.07) is 3.72. The number of aromatic nitrogens is 3. The number of pyridine rings is 1. The van der Waals surface area contributed by atoms with Crippen LogP contribution >= 0.6 is 0 Å². The number of hydrogen-bond donors (Lipinski definition) is 2. The number of aromatic amines is 1. The van der Waals surface area contributed by atoms with E-state index in [4.69, 9.17) is 0 Å². The van der Waals surface area contributed by atoms with Crippen molar-refractivity contribution in [1.82, 2.24) is 20.3 Å². The van der Waals surface area contributed by atoms with E-state index in [0.717, 1.165) is 17.7 Å². The Morgan fingerprint density at radius 2 is 2.33 bits per heavy atom. The van der Waals surface area contributed by atoms with Crippen molar-refractivity contribution in [2.45, 2.75) is 6.42 Å². The SMILES string of the molecule is O=C(C=Cc1cccnc1)NCCc1cnc[nH]1. The first-order valence-corrected chi connectivity index (χ1v) is 5.68. The van der Waals surface area contributed by atoms with E-state index in [9.17, 15) is 4.79 Å². The van der Waals surface area contributed by atoms with Crippen LogP contribution in [0.2, 0.25) is 0 Å². The molecule has 0 aliphatic rings. The van der Waals surface area contributed by atoms with E-state index < -0.39 is 0 Å². The molecular formula is C13H14N4O. The van der Waals surface area contributed by atoms with Gasteiger partial charge in [-0.3, -0.25) is 9.78 Å². The largest absolute Gasteiger partial charge is 0.352 e. The molecule has 2 aromatic heterocycles. The highest BCUT2D eigenvalue weighted by Gasteiger charge is 1.97. The van der Waals surface area contributed by atoms with Crippen molar-refractivity contribution in [2.24, 2.45) is 0 Å². The Labute approximate surface area is 105 Å². The topological polar surface area (TPSA) is 70.7 Å². The highest BCUT2D eigenvalue weighted by Crippen LogP contribution is 1.98. The van der Waals surface area contributed by atoms with Crippen molar-refractivity contribution in [1.29, 1.82) is 0 Å². The molecule has 0 saturated carbocycles. The first-order valence-electron chi connectivity index (χ1n) is 5.68. The lowest BCUT2D eigenvalue weighted by Gasteiger charge is -1.99. The molecule has 18 heavy (non-hydrogen) atoms. The molecule has 0 aromatic carbocycles. The number of carbonyl (C=O) groups excluding carboxylic acids is 1. The van der Waals surface area contributed by atoms with Crippen LogP contribution in [0.1, 0.15) is 11.3 Å². The highest BCUT2D eigenvalue weighted by atomic mass is 16.1. The zero-order valence-electron chi connectivity index (χ0n) is 9.84. The second-order valence-electron chi connectivity index (χ2n) is 3.74. The minimum absolute atomic E-state index is 0.113. The van der Waals surface area contributed by atoms with E-state index in [-0.39, 0.29) is 5.91 Å². The van der Waals surface area contributed by atoms with Crippen molar-refractivity contribution in [3.63, 3.8) is 0 Å². The van der Waals surface area contributed by atoms with E-state index in [1.54, 1.807) is 31.0 Å². The van der Waals surface area contributed by atoms with Crippen LogP contribution in [0.5, 0.6) is 0 Å². The number of H-pyrrole nitrogens is 1. The summed E-state index contributed by atoms with van der Waals surface area (Å²) in [5.74, 6) is -0.113. The molecule has 2 aromatic rings. The fraction of sp³-hybridized carbons (Fsp3) is 0.154. The van der Waals surface area contributed by atoms with Gasteiger partial charge < -0.3 is 10.3 Å². The van der Waals surface area contributed by atoms with Crippen LogP contribution in [0.3, 0.4) is 0 Å². The van der Waals surface area contributed by atoms with Crippen LogP contribution in [0.25, 0.3) is 6.08 Å². The summed E-state index contributed by atoms with van der Waals surface area (Å²) in [4.78, 5) is 22.4. The van der Waals surface area contributed by atoms with Gasteiger partial charge in [-0.25, -0.2) is 4.98 Å². The number of imidazole rings is 1. The van der Waals surface area contributed by atoms with Gasteiger partial charge in [-0.15, -0.1) is 0 Å².